The Balaban J connectivity index is 1.99. The largest absolute Gasteiger partial charge is 0.234 e. The van der Waals surface area contributed by atoms with Gasteiger partial charge < -0.3 is 0 Å². The summed E-state index contributed by atoms with van der Waals surface area (Å²) in [7, 11) is 0. The van der Waals surface area contributed by atoms with Gasteiger partial charge in [-0.1, -0.05) is 0 Å². The standard InChI is InChI=1S/C8H12N2O2/c1-3-8-4-2-6(1)9-10-7(8)5-11-12-8/h6-7H,1-5H2. The second-order valence-electron chi connectivity index (χ2n) is 3.91. The van der Waals surface area contributed by atoms with Gasteiger partial charge in [0.05, 0.1) is 6.04 Å². The third kappa shape index (κ3) is 0.793. The Morgan fingerprint density at radius 2 is 2.00 bits per heavy atom. The summed E-state index contributed by atoms with van der Waals surface area (Å²) >= 11 is 0. The molecule has 2 fully saturated rings. The minimum Gasteiger partial charge on any atom is -0.234 e. The number of fused-ring (bicyclic) bond motifs is 2. The van der Waals surface area contributed by atoms with Crippen LogP contribution in [0.2, 0.25) is 0 Å². The van der Waals surface area contributed by atoms with Crippen molar-refractivity contribution in [1.29, 1.82) is 0 Å². The molecule has 0 aromatic rings. The Hall–Kier alpha value is -0.480. The van der Waals surface area contributed by atoms with Crippen LogP contribution < -0.4 is 0 Å². The predicted molar refractivity (Wildman–Crippen MR) is 40.7 cm³/mol. The molecule has 1 atom stereocenters. The van der Waals surface area contributed by atoms with Gasteiger partial charge in [-0.2, -0.15) is 10.2 Å². The van der Waals surface area contributed by atoms with Crippen LogP contribution in [0.3, 0.4) is 0 Å². The van der Waals surface area contributed by atoms with E-state index >= 15 is 0 Å². The van der Waals surface area contributed by atoms with Crippen LogP contribution >= 0.6 is 0 Å². The average molecular weight is 168 g/mol. The lowest BCUT2D eigenvalue weighted by Gasteiger charge is -2.31. The number of azo groups is 1. The summed E-state index contributed by atoms with van der Waals surface area (Å²) in [4.78, 5) is 10.4. The Morgan fingerprint density at radius 3 is 2.83 bits per heavy atom. The molecule has 4 rings (SSSR count). The van der Waals surface area contributed by atoms with E-state index in [1.807, 2.05) is 0 Å². The first kappa shape index (κ1) is 6.97. The summed E-state index contributed by atoms with van der Waals surface area (Å²) < 4.78 is 0. The molecule has 4 nitrogen and oxygen atoms in total. The van der Waals surface area contributed by atoms with Crippen LogP contribution in [0.15, 0.2) is 10.2 Å². The molecule has 3 aliphatic heterocycles. The van der Waals surface area contributed by atoms with Gasteiger partial charge in [0.15, 0.2) is 0 Å². The molecule has 66 valence electrons. The maximum Gasteiger partial charge on any atom is 0.130 e. The molecule has 0 N–H and O–H groups in total. The van der Waals surface area contributed by atoms with Crippen molar-refractivity contribution in [2.75, 3.05) is 6.61 Å². The summed E-state index contributed by atoms with van der Waals surface area (Å²) in [5, 5.41) is 8.56. The molecule has 2 bridgehead atoms. The Kier molecular flexibility index (Phi) is 1.32. The van der Waals surface area contributed by atoms with Gasteiger partial charge in [-0.3, -0.25) is 0 Å². The van der Waals surface area contributed by atoms with E-state index in [2.05, 4.69) is 10.2 Å². The molecule has 3 heterocycles. The summed E-state index contributed by atoms with van der Waals surface area (Å²) in [5.41, 5.74) is -0.101. The third-order valence-corrected chi connectivity index (χ3v) is 3.23. The van der Waals surface area contributed by atoms with Crippen molar-refractivity contribution in [3.05, 3.63) is 0 Å². The number of hydrogen-bond donors (Lipinski definition) is 0. The van der Waals surface area contributed by atoms with Crippen LogP contribution in [0.1, 0.15) is 25.7 Å². The number of rotatable bonds is 0. The van der Waals surface area contributed by atoms with Gasteiger partial charge in [-0.15, -0.1) is 0 Å². The van der Waals surface area contributed by atoms with E-state index in [4.69, 9.17) is 9.78 Å². The van der Waals surface area contributed by atoms with Crippen molar-refractivity contribution in [2.45, 2.75) is 43.4 Å². The van der Waals surface area contributed by atoms with E-state index in [1.54, 1.807) is 0 Å². The van der Waals surface area contributed by atoms with E-state index < -0.39 is 0 Å². The maximum atomic E-state index is 5.36. The first-order valence-electron chi connectivity index (χ1n) is 4.60. The number of nitrogens with zero attached hydrogens (tertiary/aromatic N) is 2. The van der Waals surface area contributed by atoms with Gasteiger partial charge in [-0.05, 0) is 25.7 Å². The van der Waals surface area contributed by atoms with Crippen molar-refractivity contribution in [3.63, 3.8) is 0 Å². The van der Waals surface area contributed by atoms with Crippen LogP contribution in [0.5, 0.6) is 0 Å². The highest BCUT2D eigenvalue weighted by atomic mass is 17.2. The van der Waals surface area contributed by atoms with Crippen LogP contribution in [-0.2, 0) is 9.78 Å². The zero-order valence-electron chi connectivity index (χ0n) is 6.90. The lowest BCUT2D eigenvalue weighted by Crippen LogP contribution is -2.41. The van der Waals surface area contributed by atoms with Crippen LogP contribution in [0, 0.1) is 0 Å². The minimum absolute atomic E-state index is 0.101. The lowest BCUT2D eigenvalue weighted by molar-refractivity contribution is -0.314. The summed E-state index contributed by atoms with van der Waals surface area (Å²) in [6.45, 7) is 0.593. The van der Waals surface area contributed by atoms with E-state index in [1.165, 1.54) is 0 Å². The molecular formula is C8H12N2O2. The van der Waals surface area contributed by atoms with Crippen molar-refractivity contribution in [1.82, 2.24) is 0 Å². The molecule has 1 aliphatic carbocycles. The Morgan fingerprint density at radius 1 is 1.17 bits per heavy atom. The molecule has 0 aromatic carbocycles. The Bertz CT molecular complexity index is 221. The monoisotopic (exact) mass is 168 g/mol. The molecule has 1 unspecified atom stereocenters. The first-order valence-corrected chi connectivity index (χ1v) is 4.60. The van der Waals surface area contributed by atoms with Crippen molar-refractivity contribution >= 4 is 0 Å². The molecule has 0 amide bonds. The number of hydrogen-bond acceptors (Lipinski definition) is 4. The quantitative estimate of drug-likeness (QED) is 0.514. The molecule has 1 saturated heterocycles. The highest BCUT2D eigenvalue weighted by Gasteiger charge is 2.50. The molecule has 4 aliphatic rings. The second kappa shape index (κ2) is 2.26. The fourth-order valence-corrected chi connectivity index (χ4v) is 2.36. The molecule has 0 radical (unpaired) electrons. The summed E-state index contributed by atoms with van der Waals surface area (Å²) in [6.07, 6.45) is 4.36. The van der Waals surface area contributed by atoms with E-state index in [9.17, 15) is 0 Å². The molecule has 1 saturated carbocycles. The minimum atomic E-state index is -0.101. The zero-order chi connectivity index (χ0) is 8.02. The molecule has 1 spiro atoms. The molecule has 12 heavy (non-hydrogen) atoms. The van der Waals surface area contributed by atoms with Crippen molar-refractivity contribution in [2.24, 2.45) is 10.2 Å². The van der Waals surface area contributed by atoms with E-state index in [-0.39, 0.29) is 11.6 Å². The molecule has 4 heteroatoms. The third-order valence-electron chi connectivity index (χ3n) is 3.23. The van der Waals surface area contributed by atoms with Crippen molar-refractivity contribution < 1.29 is 9.78 Å². The second-order valence-corrected chi connectivity index (χ2v) is 3.91. The van der Waals surface area contributed by atoms with Gasteiger partial charge in [0.25, 0.3) is 0 Å². The van der Waals surface area contributed by atoms with E-state index in [0.29, 0.717) is 12.6 Å². The smallest absolute Gasteiger partial charge is 0.130 e. The topological polar surface area (TPSA) is 43.2 Å². The molecule has 0 aromatic heterocycles. The van der Waals surface area contributed by atoms with Gasteiger partial charge in [0.2, 0.25) is 0 Å². The lowest BCUT2D eigenvalue weighted by atomic mass is 9.79. The fraction of sp³-hybridized carbons (Fsp3) is 1.00. The van der Waals surface area contributed by atoms with Crippen LogP contribution in [0.4, 0.5) is 0 Å². The van der Waals surface area contributed by atoms with Gasteiger partial charge >= 0.3 is 0 Å². The average Bonchev–Trinajstić information content (AvgIpc) is 2.32. The fourth-order valence-electron chi connectivity index (χ4n) is 2.36. The maximum absolute atomic E-state index is 5.36. The zero-order valence-corrected chi connectivity index (χ0v) is 6.90. The Labute approximate surface area is 70.9 Å². The van der Waals surface area contributed by atoms with Gasteiger partial charge in [0.1, 0.15) is 18.2 Å². The SMILES string of the molecule is C1CC23CCC1N=NC2COO3. The van der Waals surface area contributed by atoms with Gasteiger partial charge in [-0.25, -0.2) is 9.78 Å². The highest BCUT2D eigenvalue weighted by molar-refractivity contribution is 5.01. The van der Waals surface area contributed by atoms with Crippen LogP contribution in [0.25, 0.3) is 0 Å². The predicted octanol–water partition coefficient (Wildman–Crippen LogP) is 1.46. The first-order chi connectivity index (χ1) is 5.89. The summed E-state index contributed by atoms with van der Waals surface area (Å²) in [6, 6.07) is 0.634. The van der Waals surface area contributed by atoms with Gasteiger partial charge in [0, 0.05) is 0 Å². The van der Waals surface area contributed by atoms with Crippen molar-refractivity contribution in [3.8, 4) is 0 Å². The highest BCUT2D eigenvalue weighted by Crippen LogP contribution is 2.43. The molecular weight excluding hydrogens is 156 g/mol. The summed E-state index contributed by atoms with van der Waals surface area (Å²) in [5.74, 6) is 0. The van der Waals surface area contributed by atoms with E-state index in [0.717, 1.165) is 25.7 Å². The normalized spacial score (nSPS) is 50.7. The van der Waals surface area contributed by atoms with Crippen LogP contribution in [-0.4, -0.2) is 24.3 Å².